The van der Waals surface area contributed by atoms with Crippen molar-refractivity contribution in [3.63, 3.8) is 0 Å². The summed E-state index contributed by atoms with van der Waals surface area (Å²) < 4.78 is 6.28. The number of aryl methyl sites for hydroxylation is 2. The van der Waals surface area contributed by atoms with Crippen molar-refractivity contribution in [3.05, 3.63) is 88.8 Å². The van der Waals surface area contributed by atoms with Gasteiger partial charge in [-0.1, -0.05) is 36.4 Å². The zero-order chi connectivity index (χ0) is 25.2. The number of hydrogen-bond donors (Lipinski definition) is 2. The molecule has 36 heavy (non-hydrogen) atoms. The van der Waals surface area contributed by atoms with Crippen molar-refractivity contribution in [1.29, 1.82) is 0 Å². The number of carbonyl (C=O) groups is 1. The summed E-state index contributed by atoms with van der Waals surface area (Å²) in [6.45, 7) is 4.08. The van der Waals surface area contributed by atoms with Crippen LogP contribution >= 0.6 is 34.9 Å². The van der Waals surface area contributed by atoms with Crippen LogP contribution in [0.3, 0.4) is 0 Å². The Morgan fingerprint density at radius 2 is 1.67 bits per heavy atom. The third-order valence-corrected chi connectivity index (χ3v) is 7.99. The summed E-state index contributed by atoms with van der Waals surface area (Å²) in [7, 11) is 1.39. The molecule has 0 saturated heterocycles. The molecule has 0 radical (unpaired) electrons. The summed E-state index contributed by atoms with van der Waals surface area (Å²) in [5.74, 6) is -0.404. The van der Waals surface area contributed by atoms with Crippen molar-refractivity contribution in [2.75, 3.05) is 17.7 Å². The van der Waals surface area contributed by atoms with Crippen LogP contribution in [0.4, 0.5) is 10.7 Å². The van der Waals surface area contributed by atoms with E-state index < -0.39 is 5.97 Å². The number of thiocarbonyl (C=S) groups is 1. The number of fused-ring (bicyclic) bond motifs is 1. The number of nitrogens with one attached hydrogen (secondary N) is 2. The summed E-state index contributed by atoms with van der Waals surface area (Å²) >= 11 is 8.73. The van der Waals surface area contributed by atoms with Crippen LogP contribution in [0, 0.1) is 13.8 Å². The minimum atomic E-state index is -0.404. The number of esters is 1. The molecule has 0 bridgehead atoms. The largest absolute Gasteiger partial charge is 0.465 e. The quantitative estimate of drug-likeness (QED) is 0.178. The first kappa shape index (κ1) is 24.1. The molecule has 3 aromatic carbocycles. The van der Waals surface area contributed by atoms with Crippen LogP contribution in [0.25, 0.3) is 31.9 Å². The lowest BCUT2D eigenvalue weighted by Gasteiger charge is -2.11. The number of hydrogen-bond acceptors (Lipinski definition) is 6. The summed E-state index contributed by atoms with van der Waals surface area (Å²) in [4.78, 5) is 18.5. The van der Waals surface area contributed by atoms with Crippen LogP contribution in [-0.4, -0.2) is 23.2 Å². The topological polar surface area (TPSA) is 63.2 Å². The van der Waals surface area contributed by atoms with E-state index in [9.17, 15) is 4.79 Å². The Morgan fingerprint density at radius 3 is 2.39 bits per heavy atom. The normalized spacial score (nSPS) is 10.9. The zero-order valence-electron chi connectivity index (χ0n) is 19.9. The average molecular weight is 530 g/mol. The van der Waals surface area contributed by atoms with Crippen LogP contribution < -0.4 is 10.6 Å². The maximum Gasteiger partial charge on any atom is 0.341 e. The second-order valence-corrected chi connectivity index (χ2v) is 10.9. The van der Waals surface area contributed by atoms with Gasteiger partial charge in [0, 0.05) is 21.7 Å². The van der Waals surface area contributed by atoms with E-state index in [-0.39, 0.29) is 0 Å². The molecule has 0 fully saturated rings. The molecule has 0 aliphatic carbocycles. The van der Waals surface area contributed by atoms with E-state index >= 15 is 0 Å². The van der Waals surface area contributed by atoms with Crippen molar-refractivity contribution < 1.29 is 9.53 Å². The van der Waals surface area contributed by atoms with E-state index in [1.165, 1.54) is 28.7 Å². The molecule has 5 aromatic rings. The Bertz CT molecular complexity index is 1570. The standard InChI is InChI=1S/C28H23N3O2S3/c1-16-9-14-21-22(15-16)36-25(30-21)19-10-12-20(13-11-19)29-28(34)31-26-24(27(32)33-3)23(17(2)35-26)18-7-5-4-6-8-18/h4-15H,1-3H3,(H2,29,31,34). The van der Waals surface area contributed by atoms with Crippen LogP contribution in [0.15, 0.2) is 72.8 Å². The molecule has 8 heteroatoms. The van der Waals surface area contributed by atoms with E-state index in [2.05, 4.69) is 35.8 Å². The lowest BCUT2D eigenvalue weighted by atomic mass is 10.0. The predicted octanol–water partition coefficient (Wildman–Crippen LogP) is 7.90. The number of thiazole rings is 1. The van der Waals surface area contributed by atoms with Crippen molar-refractivity contribution in [1.82, 2.24) is 4.98 Å². The van der Waals surface area contributed by atoms with Gasteiger partial charge in [0.2, 0.25) is 0 Å². The Labute approximate surface area is 222 Å². The number of aromatic nitrogens is 1. The summed E-state index contributed by atoms with van der Waals surface area (Å²) in [6.07, 6.45) is 0. The van der Waals surface area contributed by atoms with Gasteiger partial charge in [0.05, 0.1) is 17.3 Å². The van der Waals surface area contributed by atoms with Gasteiger partial charge in [0.15, 0.2) is 5.11 Å². The number of benzene rings is 3. The molecule has 0 amide bonds. The number of methoxy groups -OCH3 is 1. The highest BCUT2D eigenvalue weighted by Gasteiger charge is 2.24. The maximum atomic E-state index is 12.7. The molecule has 2 N–H and O–H groups in total. The van der Waals surface area contributed by atoms with Crippen molar-refractivity contribution in [3.8, 4) is 21.7 Å². The predicted molar refractivity (Wildman–Crippen MR) is 155 cm³/mol. The molecule has 0 unspecified atom stereocenters. The Morgan fingerprint density at radius 1 is 0.917 bits per heavy atom. The third kappa shape index (κ3) is 4.88. The first-order valence-electron chi connectivity index (χ1n) is 11.3. The SMILES string of the molecule is COC(=O)c1c(NC(=S)Nc2ccc(-c3nc4ccc(C)cc4s3)cc2)sc(C)c1-c1ccccc1. The highest BCUT2D eigenvalue weighted by atomic mass is 32.1. The van der Waals surface area contributed by atoms with Crippen LogP contribution in [0.2, 0.25) is 0 Å². The molecule has 5 rings (SSSR count). The molecule has 0 aliphatic heterocycles. The van der Waals surface area contributed by atoms with Crippen molar-refractivity contribution in [2.24, 2.45) is 0 Å². The highest BCUT2D eigenvalue weighted by Crippen LogP contribution is 2.40. The molecule has 2 aromatic heterocycles. The molecule has 0 spiro atoms. The molecule has 2 heterocycles. The summed E-state index contributed by atoms with van der Waals surface area (Å²) in [6, 6.07) is 24.1. The number of carbonyl (C=O) groups excluding carboxylic acids is 1. The molecule has 0 saturated carbocycles. The van der Waals surface area contributed by atoms with E-state index in [4.69, 9.17) is 21.9 Å². The second kappa shape index (κ2) is 10.2. The maximum absolute atomic E-state index is 12.7. The van der Waals surface area contributed by atoms with E-state index in [0.29, 0.717) is 15.7 Å². The molecular formula is C28H23N3O2S3. The Balaban J connectivity index is 1.35. The Kier molecular flexibility index (Phi) is 6.82. The lowest BCUT2D eigenvalue weighted by Crippen LogP contribution is -2.20. The minimum Gasteiger partial charge on any atom is -0.465 e. The van der Waals surface area contributed by atoms with Crippen LogP contribution in [0.1, 0.15) is 20.8 Å². The van der Waals surface area contributed by atoms with Gasteiger partial charge in [-0.2, -0.15) is 0 Å². The number of nitrogens with zero attached hydrogens (tertiary/aromatic N) is 1. The smallest absolute Gasteiger partial charge is 0.341 e. The van der Waals surface area contributed by atoms with Crippen LogP contribution in [-0.2, 0) is 4.74 Å². The molecule has 0 atom stereocenters. The van der Waals surface area contributed by atoms with Gasteiger partial charge in [-0.25, -0.2) is 9.78 Å². The van der Waals surface area contributed by atoms with Gasteiger partial charge < -0.3 is 15.4 Å². The van der Waals surface area contributed by atoms with Crippen molar-refractivity contribution in [2.45, 2.75) is 13.8 Å². The van der Waals surface area contributed by atoms with Crippen molar-refractivity contribution >= 4 is 66.9 Å². The van der Waals surface area contributed by atoms with E-state index in [1.807, 2.05) is 61.5 Å². The molecule has 180 valence electrons. The summed E-state index contributed by atoms with van der Waals surface area (Å²) in [5, 5.41) is 8.44. The first-order chi connectivity index (χ1) is 17.4. The van der Waals surface area contributed by atoms with E-state index in [1.54, 1.807) is 11.3 Å². The van der Waals surface area contributed by atoms with Crippen LogP contribution in [0.5, 0.6) is 0 Å². The highest BCUT2D eigenvalue weighted by molar-refractivity contribution is 7.80. The Hall–Kier alpha value is -3.59. The fourth-order valence-electron chi connectivity index (χ4n) is 4.00. The number of rotatable bonds is 5. The average Bonchev–Trinajstić information content (AvgIpc) is 3.44. The number of ether oxygens (including phenoxy) is 1. The minimum absolute atomic E-state index is 0.393. The monoisotopic (exact) mass is 529 g/mol. The summed E-state index contributed by atoms with van der Waals surface area (Å²) in [5.41, 5.74) is 6.42. The number of thiophene rings is 1. The fourth-order valence-corrected chi connectivity index (χ4v) is 6.42. The zero-order valence-corrected chi connectivity index (χ0v) is 22.4. The van der Waals surface area contributed by atoms with Gasteiger partial charge in [-0.15, -0.1) is 22.7 Å². The molecular weight excluding hydrogens is 507 g/mol. The second-order valence-electron chi connectivity index (χ2n) is 8.24. The lowest BCUT2D eigenvalue weighted by molar-refractivity contribution is 0.0603. The van der Waals surface area contributed by atoms with E-state index in [0.717, 1.165) is 37.8 Å². The number of anilines is 2. The molecule has 0 aliphatic rings. The first-order valence-corrected chi connectivity index (χ1v) is 13.3. The van der Waals surface area contributed by atoms with Gasteiger partial charge in [0.25, 0.3) is 0 Å². The fraction of sp³-hybridized carbons (Fsp3) is 0.107. The van der Waals surface area contributed by atoms with Gasteiger partial charge >= 0.3 is 5.97 Å². The van der Waals surface area contributed by atoms with Gasteiger partial charge in [-0.05, 0) is 73.6 Å². The van der Waals surface area contributed by atoms with Gasteiger partial charge in [-0.3, -0.25) is 0 Å². The third-order valence-electron chi connectivity index (χ3n) is 5.70. The molecule has 5 nitrogen and oxygen atoms in total. The van der Waals surface area contributed by atoms with Gasteiger partial charge in [0.1, 0.15) is 15.6 Å².